The second kappa shape index (κ2) is 7.52. The van der Waals surface area contributed by atoms with Crippen LogP contribution in [0.2, 0.25) is 10.0 Å². The first-order valence-electron chi connectivity index (χ1n) is 7.02. The van der Waals surface area contributed by atoms with Crippen LogP contribution in [0.25, 0.3) is 0 Å². The first-order valence-corrected chi connectivity index (χ1v) is 7.77. The van der Waals surface area contributed by atoms with Crippen LogP contribution in [0.1, 0.15) is 46.1 Å². The summed E-state index contributed by atoms with van der Waals surface area (Å²) in [6.07, 6.45) is 3.23. The van der Waals surface area contributed by atoms with Gasteiger partial charge < -0.3 is 5.32 Å². The molecule has 0 aromatic heterocycles. The standard InChI is InChI=1S/C16H25Cl2N/c1-5-10-19-15(16(2,3)4)9-7-12-6-8-13(17)11-14(12)18/h6,8,11,15,19H,5,7,9-10H2,1-4H3. The normalized spacial score (nSPS) is 13.6. The van der Waals surface area contributed by atoms with Crippen molar-refractivity contribution in [1.29, 1.82) is 0 Å². The van der Waals surface area contributed by atoms with Gasteiger partial charge in [0.25, 0.3) is 0 Å². The molecule has 0 bridgehead atoms. The molecule has 3 heteroatoms. The number of hydrogen-bond acceptors (Lipinski definition) is 1. The second-order valence-electron chi connectivity index (χ2n) is 6.15. The molecule has 108 valence electrons. The van der Waals surface area contributed by atoms with E-state index in [1.807, 2.05) is 18.2 Å². The lowest BCUT2D eigenvalue weighted by molar-refractivity contribution is 0.255. The maximum atomic E-state index is 6.23. The van der Waals surface area contributed by atoms with E-state index in [-0.39, 0.29) is 5.41 Å². The molecule has 1 aromatic carbocycles. The molecule has 1 aromatic rings. The van der Waals surface area contributed by atoms with Crippen LogP contribution in [-0.4, -0.2) is 12.6 Å². The van der Waals surface area contributed by atoms with Crippen LogP contribution in [0.3, 0.4) is 0 Å². The molecule has 0 radical (unpaired) electrons. The Balaban J connectivity index is 2.65. The van der Waals surface area contributed by atoms with Crippen molar-refractivity contribution in [2.45, 2.75) is 53.0 Å². The number of hydrogen-bond donors (Lipinski definition) is 1. The summed E-state index contributed by atoms with van der Waals surface area (Å²) >= 11 is 12.2. The van der Waals surface area contributed by atoms with E-state index in [1.165, 1.54) is 5.56 Å². The van der Waals surface area contributed by atoms with Crippen molar-refractivity contribution >= 4 is 23.2 Å². The van der Waals surface area contributed by atoms with Crippen molar-refractivity contribution in [1.82, 2.24) is 5.32 Å². The highest BCUT2D eigenvalue weighted by molar-refractivity contribution is 6.35. The Morgan fingerprint density at radius 1 is 1.21 bits per heavy atom. The maximum Gasteiger partial charge on any atom is 0.0452 e. The molecule has 0 aliphatic heterocycles. The van der Waals surface area contributed by atoms with Crippen LogP contribution in [0, 0.1) is 5.41 Å². The van der Waals surface area contributed by atoms with Crippen LogP contribution in [-0.2, 0) is 6.42 Å². The van der Waals surface area contributed by atoms with E-state index in [4.69, 9.17) is 23.2 Å². The Morgan fingerprint density at radius 2 is 1.89 bits per heavy atom. The largest absolute Gasteiger partial charge is 0.313 e. The van der Waals surface area contributed by atoms with Crippen molar-refractivity contribution in [2.75, 3.05) is 6.54 Å². The SMILES string of the molecule is CCCNC(CCc1ccc(Cl)cc1Cl)C(C)(C)C. The van der Waals surface area contributed by atoms with E-state index >= 15 is 0 Å². The zero-order valence-electron chi connectivity index (χ0n) is 12.4. The summed E-state index contributed by atoms with van der Waals surface area (Å²) in [7, 11) is 0. The second-order valence-corrected chi connectivity index (χ2v) is 6.99. The smallest absolute Gasteiger partial charge is 0.0452 e. The number of nitrogens with one attached hydrogen (secondary N) is 1. The lowest BCUT2D eigenvalue weighted by atomic mass is 9.83. The van der Waals surface area contributed by atoms with Gasteiger partial charge >= 0.3 is 0 Å². The van der Waals surface area contributed by atoms with Crippen molar-refractivity contribution in [3.05, 3.63) is 33.8 Å². The van der Waals surface area contributed by atoms with Gasteiger partial charge in [-0.05, 0) is 48.9 Å². The summed E-state index contributed by atoms with van der Waals surface area (Å²) in [5, 5.41) is 5.11. The zero-order valence-corrected chi connectivity index (χ0v) is 13.9. The molecule has 1 unspecified atom stereocenters. The molecule has 0 saturated heterocycles. The maximum absolute atomic E-state index is 6.23. The minimum Gasteiger partial charge on any atom is -0.313 e. The molecular weight excluding hydrogens is 277 g/mol. The summed E-state index contributed by atoms with van der Waals surface area (Å²) in [5.74, 6) is 0. The first-order chi connectivity index (χ1) is 8.84. The molecule has 1 atom stereocenters. The van der Waals surface area contributed by atoms with Gasteiger partial charge in [-0.1, -0.05) is 57.0 Å². The van der Waals surface area contributed by atoms with E-state index in [2.05, 4.69) is 33.0 Å². The van der Waals surface area contributed by atoms with E-state index in [9.17, 15) is 0 Å². The lowest BCUT2D eigenvalue weighted by Crippen LogP contribution is -2.41. The topological polar surface area (TPSA) is 12.0 Å². The van der Waals surface area contributed by atoms with E-state index < -0.39 is 0 Å². The van der Waals surface area contributed by atoms with Crippen molar-refractivity contribution in [2.24, 2.45) is 5.41 Å². The third-order valence-electron chi connectivity index (χ3n) is 3.40. The highest BCUT2D eigenvalue weighted by Gasteiger charge is 2.23. The average molecular weight is 302 g/mol. The molecule has 0 spiro atoms. The van der Waals surface area contributed by atoms with Gasteiger partial charge in [0.15, 0.2) is 0 Å². The molecule has 0 aliphatic carbocycles. The fourth-order valence-corrected chi connectivity index (χ4v) is 2.69. The Labute approximate surface area is 127 Å². The number of benzene rings is 1. The monoisotopic (exact) mass is 301 g/mol. The predicted molar refractivity (Wildman–Crippen MR) is 86.3 cm³/mol. The van der Waals surface area contributed by atoms with E-state index in [0.717, 1.165) is 30.8 Å². The summed E-state index contributed by atoms with van der Waals surface area (Å²) < 4.78 is 0. The highest BCUT2D eigenvalue weighted by atomic mass is 35.5. The van der Waals surface area contributed by atoms with Gasteiger partial charge in [0.2, 0.25) is 0 Å². The van der Waals surface area contributed by atoms with Crippen molar-refractivity contribution in [3.8, 4) is 0 Å². The van der Waals surface area contributed by atoms with E-state index in [0.29, 0.717) is 11.1 Å². The minimum absolute atomic E-state index is 0.258. The molecule has 0 fully saturated rings. The van der Waals surface area contributed by atoms with Crippen LogP contribution >= 0.6 is 23.2 Å². The molecule has 19 heavy (non-hydrogen) atoms. The first kappa shape index (κ1) is 16.8. The van der Waals surface area contributed by atoms with Gasteiger partial charge in [0.1, 0.15) is 0 Å². The summed E-state index contributed by atoms with van der Waals surface area (Å²) in [6, 6.07) is 6.27. The van der Waals surface area contributed by atoms with Crippen molar-refractivity contribution < 1.29 is 0 Å². The van der Waals surface area contributed by atoms with Gasteiger partial charge in [-0.15, -0.1) is 0 Å². The Morgan fingerprint density at radius 3 is 2.42 bits per heavy atom. The zero-order chi connectivity index (χ0) is 14.5. The van der Waals surface area contributed by atoms with Crippen LogP contribution in [0.15, 0.2) is 18.2 Å². The minimum atomic E-state index is 0.258. The van der Waals surface area contributed by atoms with Gasteiger partial charge in [0.05, 0.1) is 0 Å². The van der Waals surface area contributed by atoms with Gasteiger partial charge in [0, 0.05) is 16.1 Å². The third-order valence-corrected chi connectivity index (χ3v) is 3.99. The van der Waals surface area contributed by atoms with Crippen LogP contribution < -0.4 is 5.32 Å². The number of halogens is 2. The summed E-state index contributed by atoms with van der Waals surface area (Å²) in [6.45, 7) is 10.1. The number of aryl methyl sites for hydroxylation is 1. The summed E-state index contributed by atoms with van der Waals surface area (Å²) in [4.78, 5) is 0. The average Bonchev–Trinajstić information content (AvgIpc) is 2.29. The van der Waals surface area contributed by atoms with Gasteiger partial charge in [-0.25, -0.2) is 0 Å². The van der Waals surface area contributed by atoms with Gasteiger partial charge in [-0.3, -0.25) is 0 Å². The Hall–Kier alpha value is -0.240. The molecule has 1 nitrogen and oxygen atoms in total. The third kappa shape index (κ3) is 5.72. The van der Waals surface area contributed by atoms with Gasteiger partial charge in [-0.2, -0.15) is 0 Å². The molecular formula is C16H25Cl2N. The highest BCUT2D eigenvalue weighted by Crippen LogP contribution is 2.26. The van der Waals surface area contributed by atoms with E-state index in [1.54, 1.807) is 0 Å². The fraction of sp³-hybridized carbons (Fsp3) is 0.625. The summed E-state index contributed by atoms with van der Waals surface area (Å²) in [5.41, 5.74) is 1.44. The Kier molecular flexibility index (Phi) is 6.65. The Bertz CT molecular complexity index is 396. The molecule has 0 saturated carbocycles. The molecule has 0 aliphatic rings. The van der Waals surface area contributed by atoms with Crippen molar-refractivity contribution in [3.63, 3.8) is 0 Å². The fourth-order valence-electron chi connectivity index (χ4n) is 2.18. The lowest BCUT2D eigenvalue weighted by Gasteiger charge is -2.32. The molecule has 0 heterocycles. The van der Waals surface area contributed by atoms with Crippen LogP contribution in [0.5, 0.6) is 0 Å². The molecule has 1 N–H and O–H groups in total. The predicted octanol–water partition coefficient (Wildman–Crippen LogP) is 5.34. The molecule has 0 amide bonds. The number of rotatable bonds is 6. The molecule has 1 rings (SSSR count). The van der Waals surface area contributed by atoms with Crippen LogP contribution in [0.4, 0.5) is 0 Å². The quantitative estimate of drug-likeness (QED) is 0.748.